The van der Waals surface area contributed by atoms with Gasteiger partial charge in [-0.3, -0.25) is 20.5 Å². The Hall–Kier alpha value is -3.92. The first-order chi connectivity index (χ1) is 20.5. The number of ether oxygens (including phenoxy) is 3. The van der Waals surface area contributed by atoms with Crippen LogP contribution < -0.4 is 10.7 Å². The Labute approximate surface area is 246 Å². The van der Waals surface area contributed by atoms with Gasteiger partial charge >= 0.3 is 6.09 Å². The van der Waals surface area contributed by atoms with E-state index in [4.69, 9.17) is 14.2 Å². The fourth-order valence-electron chi connectivity index (χ4n) is 6.32. The fraction of sp³-hybridized carbons (Fsp3) is 0.394. The molecule has 3 fully saturated rings. The molecule has 3 aliphatic rings. The molecule has 2 aliphatic heterocycles. The van der Waals surface area contributed by atoms with Gasteiger partial charge in [-0.25, -0.2) is 4.79 Å². The average molecular weight is 571 g/mol. The predicted octanol–water partition coefficient (Wildman–Crippen LogP) is 5.53. The minimum absolute atomic E-state index is 0.0345. The average Bonchev–Trinajstić information content (AvgIpc) is 3.75. The van der Waals surface area contributed by atoms with Gasteiger partial charge in [0.15, 0.2) is 6.29 Å². The molecule has 2 N–H and O–H groups in total. The summed E-state index contributed by atoms with van der Waals surface area (Å²) in [6.07, 6.45) is 1.36. The molecule has 2 saturated heterocycles. The van der Waals surface area contributed by atoms with Crippen LogP contribution in [0.25, 0.3) is 11.1 Å². The van der Waals surface area contributed by atoms with Crippen molar-refractivity contribution in [2.45, 2.75) is 31.7 Å². The Kier molecular flexibility index (Phi) is 8.69. The Bertz CT molecular complexity index is 1350. The third kappa shape index (κ3) is 6.75. The largest absolute Gasteiger partial charge is 0.446 e. The van der Waals surface area contributed by atoms with Gasteiger partial charge in [0.2, 0.25) is 5.91 Å². The number of para-hydroxylation sites is 1. The number of hydrogen-bond donors (Lipinski definition) is 2. The number of nitrogens with zero attached hydrogens (tertiary/aromatic N) is 2. The van der Waals surface area contributed by atoms with Crippen LogP contribution in [0, 0.1) is 11.8 Å². The van der Waals surface area contributed by atoms with E-state index in [1.807, 2.05) is 78.9 Å². The highest BCUT2D eigenvalue weighted by atomic mass is 16.7. The van der Waals surface area contributed by atoms with Crippen molar-refractivity contribution in [3.05, 3.63) is 84.4 Å². The summed E-state index contributed by atoms with van der Waals surface area (Å²) in [6, 6.07) is 25.5. The zero-order valence-electron chi connectivity index (χ0n) is 23.9. The number of rotatable bonds is 9. The molecule has 220 valence electrons. The molecule has 6 rings (SSSR count). The van der Waals surface area contributed by atoms with Gasteiger partial charge in [-0.15, -0.1) is 0 Å². The summed E-state index contributed by atoms with van der Waals surface area (Å²) in [5, 5.41) is 4.50. The SMILES string of the molecule is CN(Nc1ccc(C2OCCO2)cc1)C(=O)CCN1CC2CC(OC(=O)Nc3ccccc3-c3ccccc3)CC2C1. The van der Waals surface area contributed by atoms with E-state index in [1.165, 1.54) is 0 Å². The Balaban J connectivity index is 0.919. The second-order valence-corrected chi connectivity index (χ2v) is 11.3. The summed E-state index contributed by atoms with van der Waals surface area (Å²) < 4.78 is 16.9. The van der Waals surface area contributed by atoms with Gasteiger partial charge in [0.25, 0.3) is 0 Å². The summed E-state index contributed by atoms with van der Waals surface area (Å²) >= 11 is 0. The molecule has 0 bridgehead atoms. The zero-order chi connectivity index (χ0) is 28.9. The molecule has 2 heterocycles. The molecule has 3 aromatic rings. The maximum atomic E-state index is 12.8. The van der Waals surface area contributed by atoms with Gasteiger partial charge in [0, 0.05) is 44.2 Å². The summed E-state index contributed by atoms with van der Waals surface area (Å²) in [7, 11) is 1.75. The van der Waals surface area contributed by atoms with E-state index in [-0.39, 0.29) is 18.3 Å². The number of amides is 2. The highest BCUT2D eigenvalue weighted by Gasteiger charge is 2.42. The molecule has 1 aliphatic carbocycles. The molecule has 0 spiro atoms. The highest BCUT2D eigenvalue weighted by molar-refractivity contribution is 5.91. The van der Waals surface area contributed by atoms with E-state index in [9.17, 15) is 9.59 Å². The van der Waals surface area contributed by atoms with Crippen LogP contribution in [0.4, 0.5) is 16.2 Å². The molecule has 2 atom stereocenters. The lowest BCUT2D eigenvalue weighted by Crippen LogP contribution is -2.35. The molecule has 9 nitrogen and oxygen atoms in total. The van der Waals surface area contributed by atoms with Crippen molar-refractivity contribution >= 4 is 23.4 Å². The van der Waals surface area contributed by atoms with E-state index in [0.717, 1.165) is 60.5 Å². The third-order valence-electron chi connectivity index (χ3n) is 8.42. The van der Waals surface area contributed by atoms with Crippen molar-refractivity contribution in [2.75, 3.05) is 50.6 Å². The minimum atomic E-state index is -0.406. The van der Waals surface area contributed by atoms with Gasteiger partial charge < -0.3 is 19.1 Å². The number of benzene rings is 3. The number of nitrogens with one attached hydrogen (secondary N) is 2. The second kappa shape index (κ2) is 12.9. The molecule has 0 aromatic heterocycles. The lowest BCUT2D eigenvalue weighted by atomic mass is 10.0. The van der Waals surface area contributed by atoms with Crippen LogP contribution in [0.5, 0.6) is 0 Å². The Morgan fingerprint density at radius 1 is 0.905 bits per heavy atom. The van der Waals surface area contributed by atoms with E-state index in [0.29, 0.717) is 31.5 Å². The standard InChI is InChI=1S/C33H38N4O5/c1-36(35-27-13-11-24(12-14-27)32-40-17-18-41-32)31(38)15-16-37-21-25-19-28(20-26(25)22-37)42-33(39)34-30-10-6-5-9-29(30)23-7-3-2-4-8-23/h2-14,25-26,28,32,35H,15-22H2,1H3,(H,34,39). The van der Waals surface area contributed by atoms with Crippen LogP contribution in [0.15, 0.2) is 78.9 Å². The molecule has 1 saturated carbocycles. The van der Waals surface area contributed by atoms with Crippen LogP contribution in [-0.2, 0) is 19.0 Å². The van der Waals surface area contributed by atoms with Gasteiger partial charge in [0.1, 0.15) is 6.10 Å². The molecule has 0 radical (unpaired) electrons. The van der Waals surface area contributed by atoms with Gasteiger partial charge in [-0.1, -0.05) is 60.7 Å². The van der Waals surface area contributed by atoms with E-state index in [1.54, 1.807) is 12.1 Å². The van der Waals surface area contributed by atoms with Crippen molar-refractivity contribution < 1.29 is 23.8 Å². The number of anilines is 2. The Morgan fingerprint density at radius 2 is 1.57 bits per heavy atom. The summed E-state index contributed by atoms with van der Waals surface area (Å²) in [6.45, 7) is 3.80. The molecule has 3 aromatic carbocycles. The number of likely N-dealkylation sites (tertiary alicyclic amines) is 1. The quantitative estimate of drug-likeness (QED) is 0.327. The van der Waals surface area contributed by atoms with Gasteiger partial charge in [-0.05, 0) is 48.4 Å². The first-order valence-electron chi connectivity index (χ1n) is 14.7. The van der Waals surface area contributed by atoms with Crippen molar-refractivity contribution in [3.63, 3.8) is 0 Å². The van der Waals surface area contributed by atoms with E-state index >= 15 is 0 Å². The fourth-order valence-corrected chi connectivity index (χ4v) is 6.32. The third-order valence-corrected chi connectivity index (χ3v) is 8.42. The normalized spacial score (nSPS) is 22.1. The van der Waals surface area contributed by atoms with Crippen LogP contribution in [0.2, 0.25) is 0 Å². The maximum absolute atomic E-state index is 12.8. The monoisotopic (exact) mass is 570 g/mol. The first kappa shape index (κ1) is 28.2. The highest BCUT2D eigenvalue weighted by Crippen LogP contribution is 2.39. The topological polar surface area (TPSA) is 92.4 Å². The van der Waals surface area contributed by atoms with Crippen molar-refractivity contribution in [1.29, 1.82) is 0 Å². The zero-order valence-corrected chi connectivity index (χ0v) is 23.9. The summed E-state index contributed by atoms with van der Waals surface area (Å²) in [5.41, 5.74) is 7.71. The van der Waals surface area contributed by atoms with Crippen molar-refractivity contribution in [1.82, 2.24) is 9.91 Å². The lowest BCUT2D eigenvalue weighted by molar-refractivity contribution is -0.129. The second-order valence-electron chi connectivity index (χ2n) is 11.3. The van der Waals surface area contributed by atoms with Crippen molar-refractivity contribution in [3.8, 4) is 11.1 Å². The molecule has 42 heavy (non-hydrogen) atoms. The minimum Gasteiger partial charge on any atom is -0.446 e. The van der Waals surface area contributed by atoms with Crippen molar-refractivity contribution in [2.24, 2.45) is 11.8 Å². The van der Waals surface area contributed by atoms with Crippen LogP contribution in [0.3, 0.4) is 0 Å². The lowest BCUT2D eigenvalue weighted by Gasteiger charge is -2.23. The van der Waals surface area contributed by atoms with E-state index in [2.05, 4.69) is 15.6 Å². The molecule has 9 heteroatoms. The summed E-state index contributed by atoms with van der Waals surface area (Å²) in [4.78, 5) is 27.9. The summed E-state index contributed by atoms with van der Waals surface area (Å²) in [5.74, 6) is 1.00. The van der Waals surface area contributed by atoms with Gasteiger partial charge in [-0.2, -0.15) is 0 Å². The first-order valence-corrected chi connectivity index (χ1v) is 14.7. The number of carbonyl (C=O) groups excluding carboxylic acids is 2. The van der Waals surface area contributed by atoms with Crippen LogP contribution >= 0.6 is 0 Å². The number of fused-ring (bicyclic) bond motifs is 1. The van der Waals surface area contributed by atoms with Gasteiger partial charge in [0.05, 0.1) is 24.6 Å². The maximum Gasteiger partial charge on any atom is 0.411 e. The molecular formula is C33H38N4O5. The molecular weight excluding hydrogens is 532 g/mol. The Morgan fingerprint density at radius 3 is 2.29 bits per heavy atom. The van der Waals surface area contributed by atoms with Crippen LogP contribution in [-0.4, -0.2) is 67.9 Å². The number of hydrazine groups is 1. The predicted molar refractivity (Wildman–Crippen MR) is 161 cm³/mol. The van der Waals surface area contributed by atoms with Crippen LogP contribution in [0.1, 0.15) is 31.1 Å². The molecule has 2 amide bonds. The smallest absolute Gasteiger partial charge is 0.411 e. The number of carbonyl (C=O) groups is 2. The number of hydrogen-bond acceptors (Lipinski definition) is 7. The molecule has 2 unspecified atom stereocenters. The van der Waals surface area contributed by atoms with E-state index < -0.39 is 6.09 Å².